The standard InChI is InChI=1S/C19H16F3N3O4S2/c1-24-17(29-11-6-3-2-4-7-11)12(15(23-24)19(20,21)22)10-13-16(28)25(18(30)31-13)9-5-8-14(26)27/h2-4,6-7,10H,5,8-9H2,1H3,(H,26,27)/b13-10+. The lowest BCUT2D eigenvalue weighted by Gasteiger charge is -2.13. The van der Waals surface area contributed by atoms with E-state index in [0.29, 0.717) is 5.75 Å². The third kappa shape index (κ3) is 5.25. The van der Waals surface area contributed by atoms with Crippen LogP contribution in [0.2, 0.25) is 0 Å². The molecule has 1 aliphatic rings. The lowest BCUT2D eigenvalue weighted by atomic mass is 10.2. The van der Waals surface area contributed by atoms with Gasteiger partial charge in [-0.2, -0.15) is 18.3 Å². The normalized spacial score (nSPS) is 15.7. The third-order valence-electron chi connectivity index (χ3n) is 4.18. The van der Waals surface area contributed by atoms with E-state index in [1.807, 2.05) is 0 Å². The fourth-order valence-corrected chi connectivity index (χ4v) is 4.09. The first kappa shape index (κ1) is 22.8. The molecule has 12 heteroatoms. The molecule has 1 saturated heterocycles. The minimum absolute atomic E-state index is 0.0308. The van der Waals surface area contributed by atoms with Crippen LogP contribution in [0.25, 0.3) is 6.08 Å². The molecule has 0 unspecified atom stereocenters. The van der Waals surface area contributed by atoms with Crippen molar-refractivity contribution in [3.63, 3.8) is 0 Å². The molecule has 2 heterocycles. The van der Waals surface area contributed by atoms with Crippen molar-refractivity contribution in [2.45, 2.75) is 19.0 Å². The zero-order chi connectivity index (χ0) is 22.8. The van der Waals surface area contributed by atoms with Gasteiger partial charge in [-0.3, -0.25) is 14.5 Å². The molecule has 1 aromatic carbocycles. The quantitative estimate of drug-likeness (QED) is 0.476. The summed E-state index contributed by atoms with van der Waals surface area (Å²) in [5, 5.41) is 12.3. The van der Waals surface area contributed by atoms with Gasteiger partial charge in [-0.1, -0.05) is 42.2 Å². The van der Waals surface area contributed by atoms with E-state index in [1.54, 1.807) is 30.3 Å². The second kappa shape index (κ2) is 9.10. The molecule has 0 radical (unpaired) electrons. The summed E-state index contributed by atoms with van der Waals surface area (Å²) in [6.45, 7) is 0.0564. The van der Waals surface area contributed by atoms with Crippen LogP contribution in [0.1, 0.15) is 24.1 Å². The Kier molecular flexibility index (Phi) is 6.70. The molecule has 1 N–H and O–H groups in total. The molecule has 0 saturated carbocycles. The number of amides is 1. The molecule has 1 amide bonds. The fraction of sp³-hybridized carbons (Fsp3) is 0.263. The number of carboxylic acid groups (broad SMARTS) is 1. The van der Waals surface area contributed by atoms with Gasteiger partial charge in [0.1, 0.15) is 10.1 Å². The highest BCUT2D eigenvalue weighted by molar-refractivity contribution is 8.26. The Bertz CT molecular complexity index is 1050. The van der Waals surface area contributed by atoms with E-state index >= 15 is 0 Å². The Morgan fingerprint density at radius 2 is 2.00 bits per heavy atom. The van der Waals surface area contributed by atoms with Gasteiger partial charge >= 0.3 is 12.1 Å². The number of alkyl halides is 3. The van der Waals surface area contributed by atoms with Crippen molar-refractivity contribution in [3.05, 3.63) is 46.5 Å². The third-order valence-corrected chi connectivity index (χ3v) is 5.55. The zero-order valence-electron chi connectivity index (χ0n) is 16.0. The van der Waals surface area contributed by atoms with E-state index in [0.717, 1.165) is 22.5 Å². The number of carboxylic acids is 1. The molecule has 1 aliphatic heterocycles. The zero-order valence-corrected chi connectivity index (χ0v) is 17.7. The lowest BCUT2D eigenvalue weighted by molar-refractivity contribution is -0.141. The van der Waals surface area contributed by atoms with Crippen molar-refractivity contribution in [3.8, 4) is 11.6 Å². The predicted molar refractivity (Wildman–Crippen MR) is 111 cm³/mol. The van der Waals surface area contributed by atoms with Crippen molar-refractivity contribution in [1.29, 1.82) is 0 Å². The number of nitrogens with zero attached hydrogens (tertiary/aromatic N) is 3. The average Bonchev–Trinajstić information content (AvgIpc) is 3.14. The van der Waals surface area contributed by atoms with Gasteiger partial charge in [0.15, 0.2) is 5.69 Å². The summed E-state index contributed by atoms with van der Waals surface area (Å²) < 4.78 is 47.5. The number of ether oxygens (including phenoxy) is 1. The first-order valence-corrected chi connectivity index (χ1v) is 10.1. The summed E-state index contributed by atoms with van der Waals surface area (Å²) in [5.41, 5.74) is -1.60. The molecule has 0 bridgehead atoms. The highest BCUT2D eigenvalue weighted by Gasteiger charge is 2.40. The van der Waals surface area contributed by atoms with Gasteiger partial charge in [0.25, 0.3) is 5.91 Å². The van der Waals surface area contributed by atoms with Crippen LogP contribution in [0, 0.1) is 0 Å². The minimum Gasteiger partial charge on any atom is -0.481 e. The van der Waals surface area contributed by atoms with Crippen LogP contribution in [0.15, 0.2) is 35.2 Å². The molecule has 2 aromatic rings. The van der Waals surface area contributed by atoms with Gasteiger partial charge in [0.05, 0.1) is 10.5 Å². The number of thioether (sulfide) groups is 1. The Morgan fingerprint density at radius 1 is 1.32 bits per heavy atom. The monoisotopic (exact) mass is 471 g/mol. The van der Waals surface area contributed by atoms with Gasteiger partial charge in [0.2, 0.25) is 5.88 Å². The van der Waals surface area contributed by atoms with Crippen molar-refractivity contribution in [1.82, 2.24) is 14.7 Å². The average molecular weight is 471 g/mol. The summed E-state index contributed by atoms with van der Waals surface area (Å²) in [4.78, 5) is 24.5. The first-order chi connectivity index (χ1) is 14.6. The fourth-order valence-electron chi connectivity index (χ4n) is 2.80. The van der Waals surface area contributed by atoms with Crippen LogP contribution >= 0.6 is 24.0 Å². The molecular weight excluding hydrogens is 455 g/mol. The number of hydrogen-bond acceptors (Lipinski definition) is 6. The molecule has 0 spiro atoms. The smallest absolute Gasteiger partial charge is 0.435 e. The maximum absolute atomic E-state index is 13.6. The van der Waals surface area contributed by atoms with Crippen LogP contribution in [-0.4, -0.2) is 42.5 Å². The summed E-state index contributed by atoms with van der Waals surface area (Å²) in [6, 6.07) is 8.21. The number of carbonyl (C=O) groups is 2. The molecular formula is C19H16F3N3O4S2. The predicted octanol–water partition coefficient (Wildman–Crippen LogP) is 4.30. The first-order valence-electron chi connectivity index (χ1n) is 8.92. The second-order valence-corrected chi connectivity index (χ2v) is 8.11. The number of para-hydroxylation sites is 1. The molecule has 0 atom stereocenters. The molecule has 3 rings (SSSR count). The van der Waals surface area contributed by atoms with Crippen LogP contribution in [0.3, 0.4) is 0 Å². The van der Waals surface area contributed by atoms with Crippen molar-refractivity contribution < 1.29 is 32.6 Å². The van der Waals surface area contributed by atoms with E-state index < -0.39 is 29.3 Å². The molecule has 1 aromatic heterocycles. The van der Waals surface area contributed by atoms with E-state index in [4.69, 9.17) is 22.1 Å². The van der Waals surface area contributed by atoms with Crippen molar-refractivity contribution in [2.24, 2.45) is 7.05 Å². The van der Waals surface area contributed by atoms with Gasteiger partial charge in [-0.15, -0.1) is 0 Å². The Hall–Kier alpha value is -2.86. The minimum atomic E-state index is -4.78. The summed E-state index contributed by atoms with van der Waals surface area (Å²) in [7, 11) is 1.31. The summed E-state index contributed by atoms with van der Waals surface area (Å²) in [5.74, 6) is -1.50. The maximum atomic E-state index is 13.6. The van der Waals surface area contributed by atoms with E-state index in [2.05, 4.69) is 5.10 Å². The molecule has 31 heavy (non-hydrogen) atoms. The van der Waals surface area contributed by atoms with Gasteiger partial charge in [-0.05, 0) is 24.6 Å². The number of halogens is 3. The molecule has 7 nitrogen and oxygen atoms in total. The van der Waals surface area contributed by atoms with Crippen molar-refractivity contribution >= 4 is 46.3 Å². The Morgan fingerprint density at radius 3 is 2.61 bits per heavy atom. The number of aryl methyl sites for hydroxylation is 1. The number of hydrogen-bond donors (Lipinski definition) is 1. The van der Waals surface area contributed by atoms with E-state index in [1.165, 1.54) is 11.9 Å². The van der Waals surface area contributed by atoms with E-state index in [-0.39, 0.29) is 34.5 Å². The molecule has 164 valence electrons. The van der Waals surface area contributed by atoms with Crippen LogP contribution in [0.4, 0.5) is 13.2 Å². The van der Waals surface area contributed by atoms with E-state index in [9.17, 15) is 22.8 Å². The summed E-state index contributed by atoms with van der Waals surface area (Å²) in [6.07, 6.45) is -3.72. The van der Waals surface area contributed by atoms with Crippen molar-refractivity contribution in [2.75, 3.05) is 6.54 Å². The van der Waals surface area contributed by atoms with Crippen LogP contribution in [-0.2, 0) is 22.8 Å². The highest BCUT2D eigenvalue weighted by atomic mass is 32.2. The highest BCUT2D eigenvalue weighted by Crippen LogP contribution is 2.41. The lowest BCUT2D eigenvalue weighted by Crippen LogP contribution is -2.29. The molecule has 0 aliphatic carbocycles. The van der Waals surface area contributed by atoms with Gasteiger partial charge < -0.3 is 9.84 Å². The summed E-state index contributed by atoms with van der Waals surface area (Å²) >= 11 is 5.99. The topological polar surface area (TPSA) is 84.7 Å². The number of rotatable bonds is 7. The largest absolute Gasteiger partial charge is 0.481 e. The number of thiocarbonyl (C=S) groups is 1. The number of benzene rings is 1. The number of aliphatic carboxylic acids is 1. The van der Waals surface area contributed by atoms with Crippen LogP contribution < -0.4 is 4.74 Å². The Labute approximate surface area is 184 Å². The van der Waals surface area contributed by atoms with Crippen LogP contribution in [0.5, 0.6) is 11.6 Å². The van der Waals surface area contributed by atoms with Gasteiger partial charge in [-0.25, -0.2) is 4.68 Å². The van der Waals surface area contributed by atoms with Gasteiger partial charge in [0, 0.05) is 20.0 Å². The maximum Gasteiger partial charge on any atom is 0.435 e. The Balaban J connectivity index is 1.97. The SMILES string of the molecule is Cn1nc(C(F)(F)F)c(/C=C2/SC(=S)N(CCCC(=O)O)C2=O)c1Oc1ccccc1. The molecule has 1 fully saturated rings. The second-order valence-electron chi connectivity index (χ2n) is 6.43. The number of carbonyl (C=O) groups excluding carboxylic acids is 1. The number of aromatic nitrogens is 2.